The number of anilines is 2. The van der Waals surface area contributed by atoms with E-state index in [2.05, 4.69) is 10.6 Å². The Bertz CT molecular complexity index is 540. The average Bonchev–Trinajstić information content (AvgIpc) is 2.43. The Kier molecular flexibility index (Phi) is 4.92. The molecule has 0 aromatic heterocycles. The molecule has 1 saturated heterocycles. The summed E-state index contributed by atoms with van der Waals surface area (Å²) in [5.74, 6) is -0.315. The number of carbonyl (C=O) groups excluding carboxylic acids is 3. The molecule has 0 saturated carbocycles. The fourth-order valence-electron chi connectivity index (χ4n) is 2.24. The minimum absolute atomic E-state index is 0.0393. The van der Waals surface area contributed by atoms with Gasteiger partial charge >= 0.3 is 0 Å². The second-order valence-corrected chi connectivity index (χ2v) is 5.08. The quantitative estimate of drug-likeness (QED) is 0.883. The van der Waals surface area contributed by atoms with Gasteiger partial charge in [-0.15, -0.1) is 0 Å². The Balaban J connectivity index is 1.87. The summed E-state index contributed by atoms with van der Waals surface area (Å²) in [4.78, 5) is 36.0. The zero-order chi connectivity index (χ0) is 15.2. The van der Waals surface area contributed by atoms with E-state index >= 15 is 0 Å². The third kappa shape index (κ3) is 4.59. The van der Waals surface area contributed by atoms with Gasteiger partial charge < -0.3 is 15.5 Å². The SMILES string of the molecule is CC(=O)Nc1ccc(NC(=O)CN2CCCCC2=O)cc1. The Hall–Kier alpha value is -2.37. The van der Waals surface area contributed by atoms with Crippen molar-refractivity contribution in [2.45, 2.75) is 26.2 Å². The molecule has 112 valence electrons. The third-order valence-electron chi connectivity index (χ3n) is 3.24. The average molecular weight is 289 g/mol. The number of nitrogens with one attached hydrogen (secondary N) is 2. The van der Waals surface area contributed by atoms with Crippen LogP contribution in [0, 0.1) is 0 Å². The molecule has 6 heteroatoms. The van der Waals surface area contributed by atoms with Gasteiger partial charge in [-0.25, -0.2) is 0 Å². The highest BCUT2D eigenvalue weighted by Gasteiger charge is 2.20. The highest BCUT2D eigenvalue weighted by Crippen LogP contribution is 2.14. The van der Waals surface area contributed by atoms with Crippen LogP contribution in [-0.2, 0) is 14.4 Å². The van der Waals surface area contributed by atoms with Gasteiger partial charge in [-0.05, 0) is 37.1 Å². The van der Waals surface area contributed by atoms with Gasteiger partial charge in [0.2, 0.25) is 17.7 Å². The standard InChI is InChI=1S/C15H19N3O3/c1-11(19)16-12-5-7-13(8-6-12)17-14(20)10-18-9-3-2-4-15(18)21/h5-8H,2-4,9-10H2,1H3,(H,16,19)(H,17,20). The number of carbonyl (C=O) groups is 3. The molecule has 0 bridgehead atoms. The van der Waals surface area contributed by atoms with E-state index in [1.165, 1.54) is 6.92 Å². The summed E-state index contributed by atoms with van der Waals surface area (Å²) in [6.07, 6.45) is 2.38. The second-order valence-electron chi connectivity index (χ2n) is 5.08. The Morgan fingerprint density at radius 1 is 1.10 bits per heavy atom. The minimum Gasteiger partial charge on any atom is -0.333 e. The van der Waals surface area contributed by atoms with Crippen molar-refractivity contribution < 1.29 is 14.4 Å². The van der Waals surface area contributed by atoms with Gasteiger partial charge in [-0.2, -0.15) is 0 Å². The lowest BCUT2D eigenvalue weighted by Crippen LogP contribution is -2.40. The van der Waals surface area contributed by atoms with E-state index in [1.54, 1.807) is 29.2 Å². The van der Waals surface area contributed by atoms with Gasteiger partial charge in [-0.1, -0.05) is 0 Å². The highest BCUT2D eigenvalue weighted by atomic mass is 16.2. The number of hydrogen-bond donors (Lipinski definition) is 2. The molecule has 1 heterocycles. The molecule has 0 aliphatic carbocycles. The fourth-order valence-corrected chi connectivity index (χ4v) is 2.24. The maximum atomic E-state index is 11.9. The predicted octanol–water partition coefficient (Wildman–Crippen LogP) is 1.60. The zero-order valence-corrected chi connectivity index (χ0v) is 12.0. The number of likely N-dealkylation sites (tertiary alicyclic amines) is 1. The van der Waals surface area contributed by atoms with Crippen LogP contribution in [0.5, 0.6) is 0 Å². The topological polar surface area (TPSA) is 78.5 Å². The second kappa shape index (κ2) is 6.88. The van der Waals surface area contributed by atoms with Crippen molar-refractivity contribution in [1.82, 2.24) is 4.90 Å². The van der Waals surface area contributed by atoms with Crippen molar-refractivity contribution in [3.05, 3.63) is 24.3 Å². The Morgan fingerprint density at radius 2 is 1.71 bits per heavy atom. The van der Waals surface area contributed by atoms with Crippen LogP contribution in [-0.4, -0.2) is 35.7 Å². The first kappa shape index (κ1) is 15.0. The first-order chi connectivity index (χ1) is 10.0. The summed E-state index contributed by atoms with van der Waals surface area (Å²) < 4.78 is 0. The third-order valence-corrected chi connectivity index (χ3v) is 3.24. The number of nitrogens with zero attached hydrogens (tertiary/aromatic N) is 1. The molecule has 0 radical (unpaired) electrons. The highest BCUT2D eigenvalue weighted by molar-refractivity contribution is 5.95. The molecular weight excluding hydrogens is 270 g/mol. The van der Waals surface area contributed by atoms with E-state index < -0.39 is 0 Å². The molecule has 1 aromatic rings. The molecule has 2 rings (SSSR count). The van der Waals surface area contributed by atoms with Crippen LogP contribution >= 0.6 is 0 Å². The van der Waals surface area contributed by atoms with E-state index in [-0.39, 0.29) is 24.3 Å². The summed E-state index contributed by atoms with van der Waals surface area (Å²) in [5, 5.41) is 5.40. The molecule has 1 fully saturated rings. The van der Waals surface area contributed by atoms with Crippen LogP contribution in [0.25, 0.3) is 0 Å². The van der Waals surface area contributed by atoms with Crippen LogP contribution in [0.4, 0.5) is 11.4 Å². The number of amides is 3. The van der Waals surface area contributed by atoms with Gasteiger partial charge in [0.1, 0.15) is 0 Å². The van der Waals surface area contributed by atoms with Gasteiger partial charge in [0, 0.05) is 31.3 Å². The first-order valence-electron chi connectivity index (χ1n) is 7.00. The smallest absolute Gasteiger partial charge is 0.243 e. The normalized spacial score (nSPS) is 14.7. The molecule has 2 N–H and O–H groups in total. The van der Waals surface area contributed by atoms with Crippen LogP contribution in [0.3, 0.4) is 0 Å². The molecule has 0 atom stereocenters. The minimum atomic E-state index is -0.211. The van der Waals surface area contributed by atoms with Crippen molar-refractivity contribution in [1.29, 1.82) is 0 Å². The van der Waals surface area contributed by atoms with Crippen LogP contribution in [0.2, 0.25) is 0 Å². The molecule has 0 unspecified atom stereocenters. The van der Waals surface area contributed by atoms with Crippen molar-refractivity contribution in [3.63, 3.8) is 0 Å². The molecule has 6 nitrogen and oxygen atoms in total. The fraction of sp³-hybridized carbons (Fsp3) is 0.400. The number of piperidine rings is 1. The Labute approximate surface area is 123 Å². The summed E-state index contributed by atoms with van der Waals surface area (Å²) in [5.41, 5.74) is 1.31. The van der Waals surface area contributed by atoms with Crippen LogP contribution in [0.15, 0.2) is 24.3 Å². The van der Waals surface area contributed by atoms with E-state index in [0.29, 0.717) is 24.3 Å². The lowest BCUT2D eigenvalue weighted by Gasteiger charge is -2.25. The molecule has 1 aliphatic rings. The summed E-state index contributed by atoms with van der Waals surface area (Å²) in [6.45, 7) is 2.17. The van der Waals surface area contributed by atoms with E-state index in [0.717, 1.165) is 12.8 Å². The van der Waals surface area contributed by atoms with Crippen molar-refractivity contribution >= 4 is 29.1 Å². The van der Waals surface area contributed by atoms with Crippen molar-refractivity contribution in [2.24, 2.45) is 0 Å². The molecule has 3 amide bonds. The number of hydrogen-bond acceptors (Lipinski definition) is 3. The predicted molar refractivity (Wildman–Crippen MR) is 79.8 cm³/mol. The molecular formula is C15H19N3O3. The zero-order valence-electron chi connectivity index (χ0n) is 12.0. The van der Waals surface area contributed by atoms with E-state index in [9.17, 15) is 14.4 Å². The Morgan fingerprint density at radius 3 is 2.29 bits per heavy atom. The molecule has 21 heavy (non-hydrogen) atoms. The molecule has 0 spiro atoms. The number of benzene rings is 1. The maximum Gasteiger partial charge on any atom is 0.243 e. The first-order valence-corrected chi connectivity index (χ1v) is 7.00. The van der Waals surface area contributed by atoms with E-state index in [1.807, 2.05) is 0 Å². The number of rotatable bonds is 4. The van der Waals surface area contributed by atoms with E-state index in [4.69, 9.17) is 0 Å². The molecule has 1 aliphatic heterocycles. The maximum absolute atomic E-state index is 11.9. The van der Waals surface area contributed by atoms with Crippen LogP contribution < -0.4 is 10.6 Å². The van der Waals surface area contributed by atoms with Gasteiger partial charge in [0.05, 0.1) is 6.54 Å². The van der Waals surface area contributed by atoms with Gasteiger partial charge in [0.15, 0.2) is 0 Å². The summed E-state index contributed by atoms with van der Waals surface area (Å²) in [7, 11) is 0. The molecule has 1 aromatic carbocycles. The summed E-state index contributed by atoms with van der Waals surface area (Å²) >= 11 is 0. The van der Waals surface area contributed by atoms with Gasteiger partial charge in [-0.3, -0.25) is 14.4 Å². The van der Waals surface area contributed by atoms with Crippen molar-refractivity contribution in [3.8, 4) is 0 Å². The lowest BCUT2D eigenvalue weighted by atomic mass is 10.1. The largest absolute Gasteiger partial charge is 0.333 e. The monoisotopic (exact) mass is 289 g/mol. The summed E-state index contributed by atoms with van der Waals surface area (Å²) in [6, 6.07) is 6.84. The van der Waals surface area contributed by atoms with Crippen molar-refractivity contribution in [2.75, 3.05) is 23.7 Å². The lowest BCUT2D eigenvalue weighted by molar-refractivity contribution is -0.136. The van der Waals surface area contributed by atoms with Gasteiger partial charge in [0.25, 0.3) is 0 Å². The van der Waals surface area contributed by atoms with Crippen LogP contribution in [0.1, 0.15) is 26.2 Å².